The molecular formula is C44H26N2O. The second kappa shape index (κ2) is 10.1. The number of rotatable bonds is 3. The van der Waals surface area contributed by atoms with Crippen molar-refractivity contribution in [1.29, 1.82) is 0 Å². The summed E-state index contributed by atoms with van der Waals surface area (Å²) in [5.74, 6) is 0. The van der Waals surface area contributed by atoms with Crippen LogP contribution < -0.4 is 0 Å². The quantitative estimate of drug-likeness (QED) is 0.190. The van der Waals surface area contributed by atoms with Crippen molar-refractivity contribution >= 4 is 65.3 Å². The van der Waals surface area contributed by atoms with Gasteiger partial charge < -0.3 is 4.42 Å². The fourth-order valence-corrected chi connectivity index (χ4v) is 7.23. The summed E-state index contributed by atoms with van der Waals surface area (Å²) in [7, 11) is 0. The van der Waals surface area contributed by atoms with E-state index in [0.29, 0.717) is 0 Å². The molecule has 0 bridgehead atoms. The first-order valence-corrected chi connectivity index (χ1v) is 15.9. The minimum Gasteiger partial charge on any atom is -0.455 e. The van der Waals surface area contributed by atoms with Crippen molar-refractivity contribution in [2.75, 3.05) is 0 Å². The monoisotopic (exact) mass is 598 g/mol. The van der Waals surface area contributed by atoms with Gasteiger partial charge in [0.1, 0.15) is 11.2 Å². The van der Waals surface area contributed by atoms with Crippen molar-refractivity contribution in [3.8, 4) is 33.5 Å². The van der Waals surface area contributed by atoms with Crippen LogP contribution in [-0.4, -0.2) is 9.97 Å². The Balaban J connectivity index is 1.00. The number of fused-ring (bicyclic) bond motifs is 11. The molecule has 10 rings (SSSR count). The number of hydrogen-bond acceptors (Lipinski definition) is 3. The van der Waals surface area contributed by atoms with Gasteiger partial charge in [-0.05, 0) is 44.3 Å². The average Bonchev–Trinajstić information content (AvgIpc) is 3.55. The maximum Gasteiger partial charge on any atom is 0.143 e. The van der Waals surface area contributed by atoms with Crippen LogP contribution in [0.5, 0.6) is 0 Å². The van der Waals surface area contributed by atoms with Gasteiger partial charge in [0.05, 0.1) is 22.9 Å². The molecule has 10 aromatic rings. The Morgan fingerprint density at radius 1 is 0.404 bits per heavy atom. The third-order valence-electron chi connectivity index (χ3n) is 9.52. The lowest BCUT2D eigenvalue weighted by molar-refractivity contribution is 0.670. The van der Waals surface area contributed by atoms with E-state index in [2.05, 4.69) is 152 Å². The van der Waals surface area contributed by atoms with E-state index in [1.165, 1.54) is 26.9 Å². The van der Waals surface area contributed by atoms with E-state index in [-0.39, 0.29) is 0 Å². The van der Waals surface area contributed by atoms with Crippen LogP contribution in [0.4, 0.5) is 0 Å². The minimum atomic E-state index is 0.867. The van der Waals surface area contributed by atoms with Gasteiger partial charge >= 0.3 is 0 Å². The van der Waals surface area contributed by atoms with Gasteiger partial charge in [-0.25, -0.2) is 4.98 Å². The van der Waals surface area contributed by atoms with Crippen molar-refractivity contribution in [3.05, 3.63) is 158 Å². The van der Waals surface area contributed by atoms with Crippen LogP contribution in [-0.2, 0) is 0 Å². The Hall–Kier alpha value is -6.32. The van der Waals surface area contributed by atoms with Gasteiger partial charge in [-0.3, -0.25) is 4.98 Å². The van der Waals surface area contributed by atoms with Gasteiger partial charge in [0.2, 0.25) is 0 Å². The van der Waals surface area contributed by atoms with Crippen LogP contribution in [0.1, 0.15) is 0 Å². The predicted molar refractivity (Wildman–Crippen MR) is 196 cm³/mol. The summed E-state index contributed by atoms with van der Waals surface area (Å²) in [6.07, 6.45) is 1.90. The standard InChI is InChI=1S/C44H26N2O/c1-2-9-32-29(8-1)24-25-40-41(32)38-15-7-14-33(44(38)47-40)30-20-16-27(17-21-30)28-18-22-31(23-19-28)39-26-45-42-36-12-5-3-10-34(36)35-11-4-6-13-37(35)43(42)46-39/h1-26H. The smallest absolute Gasteiger partial charge is 0.143 e. The van der Waals surface area contributed by atoms with E-state index in [1.54, 1.807) is 0 Å². The van der Waals surface area contributed by atoms with E-state index in [1.807, 2.05) is 6.20 Å². The van der Waals surface area contributed by atoms with Gasteiger partial charge in [-0.15, -0.1) is 0 Å². The van der Waals surface area contributed by atoms with Crippen LogP contribution >= 0.6 is 0 Å². The van der Waals surface area contributed by atoms with Crippen molar-refractivity contribution in [2.24, 2.45) is 0 Å². The largest absolute Gasteiger partial charge is 0.455 e. The Morgan fingerprint density at radius 3 is 1.70 bits per heavy atom. The molecule has 0 aliphatic rings. The minimum absolute atomic E-state index is 0.867. The molecule has 0 aliphatic carbocycles. The predicted octanol–water partition coefficient (Wildman–Crippen LogP) is 12.0. The summed E-state index contributed by atoms with van der Waals surface area (Å²) in [5.41, 5.74) is 10.2. The van der Waals surface area contributed by atoms with Gasteiger partial charge in [-0.1, -0.05) is 146 Å². The molecule has 2 heterocycles. The van der Waals surface area contributed by atoms with Crippen molar-refractivity contribution in [3.63, 3.8) is 0 Å². The maximum atomic E-state index is 6.48. The first-order valence-electron chi connectivity index (χ1n) is 15.9. The van der Waals surface area contributed by atoms with Crippen LogP contribution in [0.25, 0.3) is 98.8 Å². The normalized spacial score (nSPS) is 11.8. The summed E-state index contributed by atoms with van der Waals surface area (Å²) < 4.78 is 6.48. The molecule has 2 aromatic heterocycles. The molecule has 0 saturated carbocycles. The molecule has 0 amide bonds. The van der Waals surface area contributed by atoms with Gasteiger partial charge in [0.15, 0.2) is 0 Å². The summed E-state index contributed by atoms with van der Waals surface area (Å²) >= 11 is 0. The SMILES string of the molecule is c1ccc2c(c1)ccc1oc3c(-c4ccc(-c5ccc(-c6cnc7c8ccccc8c8ccccc8c7n6)cc5)cc4)cccc3c12. The fraction of sp³-hybridized carbons (Fsp3) is 0. The molecule has 0 aliphatic heterocycles. The highest BCUT2D eigenvalue weighted by Crippen LogP contribution is 2.40. The summed E-state index contributed by atoms with van der Waals surface area (Å²) in [5, 5.41) is 9.42. The lowest BCUT2D eigenvalue weighted by Crippen LogP contribution is -1.92. The lowest BCUT2D eigenvalue weighted by Gasteiger charge is -2.11. The molecule has 0 radical (unpaired) electrons. The fourth-order valence-electron chi connectivity index (χ4n) is 7.23. The molecule has 47 heavy (non-hydrogen) atoms. The summed E-state index contributed by atoms with van der Waals surface area (Å²) in [6, 6.07) is 53.5. The number of nitrogens with zero attached hydrogens (tertiary/aromatic N) is 2. The van der Waals surface area contributed by atoms with Crippen molar-refractivity contribution in [1.82, 2.24) is 9.97 Å². The molecule has 0 N–H and O–H groups in total. The van der Waals surface area contributed by atoms with Gasteiger partial charge in [-0.2, -0.15) is 0 Å². The highest BCUT2D eigenvalue weighted by molar-refractivity contribution is 6.23. The molecular weight excluding hydrogens is 572 g/mol. The van der Waals surface area contributed by atoms with Crippen LogP contribution in [0.3, 0.4) is 0 Å². The van der Waals surface area contributed by atoms with Crippen LogP contribution in [0, 0.1) is 0 Å². The first-order chi connectivity index (χ1) is 23.3. The summed E-state index contributed by atoms with van der Waals surface area (Å²) in [6.45, 7) is 0. The third kappa shape index (κ3) is 4.00. The molecule has 0 atom stereocenters. The van der Waals surface area contributed by atoms with E-state index in [0.717, 1.165) is 71.9 Å². The Bertz CT molecular complexity index is 2790. The van der Waals surface area contributed by atoms with E-state index < -0.39 is 0 Å². The van der Waals surface area contributed by atoms with Crippen LogP contribution in [0.15, 0.2) is 162 Å². The number of furan rings is 1. The van der Waals surface area contributed by atoms with E-state index in [4.69, 9.17) is 14.4 Å². The molecule has 0 spiro atoms. The molecule has 8 aromatic carbocycles. The zero-order chi connectivity index (χ0) is 30.9. The third-order valence-corrected chi connectivity index (χ3v) is 9.52. The molecule has 3 heteroatoms. The number of benzene rings is 8. The van der Waals surface area contributed by atoms with Crippen molar-refractivity contribution in [2.45, 2.75) is 0 Å². The average molecular weight is 599 g/mol. The topological polar surface area (TPSA) is 38.9 Å². The number of aromatic nitrogens is 2. The Labute approximate surface area is 270 Å². The van der Waals surface area contributed by atoms with E-state index in [9.17, 15) is 0 Å². The van der Waals surface area contributed by atoms with E-state index >= 15 is 0 Å². The molecule has 3 nitrogen and oxygen atoms in total. The Morgan fingerprint density at radius 2 is 0.979 bits per heavy atom. The molecule has 0 saturated heterocycles. The number of hydrogen-bond donors (Lipinski definition) is 0. The lowest BCUT2D eigenvalue weighted by atomic mass is 9.97. The number of para-hydroxylation sites is 1. The zero-order valence-electron chi connectivity index (χ0n) is 25.3. The van der Waals surface area contributed by atoms with Gasteiger partial charge in [0, 0.05) is 32.7 Å². The second-order valence-electron chi connectivity index (χ2n) is 12.1. The molecule has 0 fully saturated rings. The van der Waals surface area contributed by atoms with Gasteiger partial charge in [0.25, 0.3) is 0 Å². The highest BCUT2D eigenvalue weighted by Gasteiger charge is 2.15. The zero-order valence-corrected chi connectivity index (χ0v) is 25.3. The molecule has 0 unspecified atom stereocenters. The second-order valence-corrected chi connectivity index (χ2v) is 12.1. The van der Waals surface area contributed by atoms with Crippen LogP contribution in [0.2, 0.25) is 0 Å². The highest BCUT2D eigenvalue weighted by atomic mass is 16.3. The molecule has 218 valence electrons. The Kier molecular flexibility index (Phi) is 5.57. The first kappa shape index (κ1) is 26.0. The maximum absolute atomic E-state index is 6.48. The van der Waals surface area contributed by atoms with Crippen molar-refractivity contribution < 1.29 is 4.42 Å². The summed E-state index contributed by atoms with van der Waals surface area (Å²) in [4.78, 5) is 10.1.